The molecule has 0 radical (unpaired) electrons. The average Bonchev–Trinajstić information content (AvgIpc) is 2.76. The van der Waals surface area contributed by atoms with Gasteiger partial charge in [-0.25, -0.2) is 4.99 Å². The van der Waals surface area contributed by atoms with Crippen LogP contribution in [0.15, 0.2) is 53.7 Å². The van der Waals surface area contributed by atoms with Gasteiger partial charge < -0.3 is 15.5 Å². The summed E-state index contributed by atoms with van der Waals surface area (Å²) >= 11 is 0. The number of aromatic nitrogens is 1. The van der Waals surface area contributed by atoms with Gasteiger partial charge in [0.25, 0.3) is 0 Å². The van der Waals surface area contributed by atoms with E-state index < -0.39 is 0 Å². The first kappa shape index (κ1) is 26.4. The molecule has 2 N–H and O–H groups in total. The van der Waals surface area contributed by atoms with Gasteiger partial charge in [-0.3, -0.25) is 4.98 Å². The number of guanidine groups is 1. The van der Waals surface area contributed by atoms with Crippen LogP contribution in [0, 0.1) is 0 Å². The Kier molecular flexibility index (Phi) is 13.3. The van der Waals surface area contributed by atoms with Crippen LogP contribution < -0.4 is 10.6 Å². The minimum Gasteiger partial charge on any atom is -0.357 e. The minimum absolute atomic E-state index is 0. The van der Waals surface area contributed by atoms with Gasteiger partial charge in [0.2, 0.25) is 0 Å². The van der Waals surface area contributed by atoms with Gasteiger partial charge in [-0.2, -0.15) is 0 Å². The van der Waals surface area contributed by atoms with Crippen LogP contribution in [0.3, 0.4) is 0 Å². The van der Waals surface area contributed by atoms with Crippen LogP contribution in [-0.4, -0.2) is 48.1 Å². The highest BCUT2D eigenvalue weighted by Gasteiger charge is 2.07. The topological polar surface area (TPSA) is 52.6 Å². The summed E-state index contributed by atoms with van der Waals surface area (Å²) < 4.78 is 0. The van der Waals surface area contributed by atoms with E-state index in [4.69, 9.17) is 4.99 Å². The van der Waals surface area contributed by atoms with E-state index in [9.17, 15) is 0 Å². The highest BCUT2D eigenvalue weighted by atomic mass is 127. The summed E-state index contributed by atoms with van der Waals surface area (Å²) in [6.45, 7) is 13.7. The number of rotatable bonds is 11. The molecule has 2 aromatic rings. The fourth-order valence-corrected chi connectivity index (χ4v) is 3.32. The van der Waals surface area contributed by atoms with E-state index in [0.29, 0.717) is 12.6 Å². The Morgan fingerprint density at radius 1 is 1.10 bits per heavy atom. The minimum atomic E-state index is 0. The van der Waals surface area contributed by atoms with Crippen LogP contribution in [0.4, 0.5) is 0 Å². The molecule has 30 heavy (non-hydrogen) atoms. The summed E-state index contributed by atoms with van der Waals surface area (Å²) in [5.41, 5.74) is 3.30. The second-order valence-electron chi connectivity index (χ2n) is 7.33. The summed E-state index contributed by atoms with van der Waals surface area (Å²) in [7, 11) is 0. The average molecular weight is 524 g/mol. The number of nitrogens with one attached hydrogen (secondary N) is 2. The Bertz CT molecular complexity index is 731. The molecule has 0 bridgehead atoms. The second kappa shape index (κ2) is 15.2. The van der Waals surface area contributed by atoms with Crippen molar-refractivity contribution in [1.29, 1.82) is 0 Å². The fourth-order valence-electron chi connectivity index (χ4n) is 3.32. The lowest BCUT2D eigenvalue weighted by molar-refractivity contribution is 0.292. The zero-order valence-corrected chi connectivity index (χ0v) is 21.2. The standard InChI is InChI=1S/C24H37N5.HI/c1-5-25-24(28-20(4)12-11-17-29(6-2)7-3)27-19-21-13-10-14-22(18-21)23-15-8-9-16-26-23;/h8-10,13-16,18,20H,5-7,11-12,17,19H2,1-4H3,(H2,25,27,28);1H. The van der Waals surface area contributed by atoms with Gasteiger partial charge in [0.05, 0.1) is 12.2 Å². The number of halogens is 1. The monoisotopic (exact) mass is 523 g/mol. The zero-order valence-electron chi connectivity index (χ0n) is 18.9. The summed E-state index contributed by atoms with van der Waals surface area (Å²) in [4.78, 5) is 11.7. The van der Waals surface area contributed by atoms with Crippen LogP contribution in [0.25, 0.3) is 11.3 Å². The number of aliphatic imine (C=N–C) groups is 1. The van der Waals surface area contributed by atoms with Crippen molar-refractivity contribution < 1.29 is 0 Å². The molecule has 0 aliphatic heterocycles. The van der Waals surface area contributed by atoms with Gasteiger partial charge in [0.15, 0.2) is 5.96 Å². The maximum absolute atomic E-state index is 4.80. The van der Waals surface area contributed by atoms with Crippen molar-refractivity contribution in [1.82, 2.24) is 20.5 Å². The third kappa shape index (κ3) is 9.43. The van der Waals surface area contributed by atoms with E-state index in [1.54, 1.807) is 0 Å². The lowest BCUT2D eigenvalue weighted by atomic mass is 10.1. The first-order chi connectivity index (χ1) is 14.2. The van der Waals surface area contributed by atoms with Crippen molar-refractivity contribution in [2.75, 3.05) is 26.2 Å². The summed E-state index contributed by atoms with van der Waals surface area (Å²) in [5.74, 6) is 0.881. The molecule has 0 amide bonds. The van der Waals surface area contributed by atoms with Crippen molar-refractivity contribution in [3.63, 3.8) is 0 Å². The van der Waals surface area contributed by atoms with Crippen LogP contribution in [0.2, 0.25) is 0 Å². The van der Waals surface area contributed by atoms with Crippen molar-refractivity contribution in [2.45, 2.75) is 53.1 Å². The molecule has 6 heteroatoms. The van der Waals surface area contributed by atoms with E-state index >= 15 is 0 Å². The molecule has 1 aromatic heterocycles. The molecule has 166 valence electrons. The van der Waals surface area contributed by atoms with Crippen LogP contribution in [0.5, 0.6) is 0 Å². The van der Waals surface area contributed by atoms with Gasteiger partial charge >= 0.3 is 0 Å². The molecule has 1 atom stereocenters. The first-order valence-corrected chi connectivity index (χ1v) is 10.9. The van der Waals surface area contributed by atoms with Gasteiger partial charge in [0.1, 0.15) is 0 Å². The maximum atomic E-state index is 4.80. The molecule has 1 aromatic carbocycles. The van der Waals surface area contributed by atoms with Crippen LogP contribution in [-0.2, 0) is 6.54 Å². The zero-order chi connectivity index (χ0) is 20.9. The number of benzene rings is 1. The van der Waals surface area contributed by atoms with Gasteiger partial charge in [-0.05, 0) is 70.1 Å². The molecule has 0 saturated carbocycles. The second-order valence-corrected chi connectivity index (χ2v) is 7.33. The third-order valence-electron chi connectivity index (χ3n) is 5.04. The Morgan fingerprint density at radius 2 is 1.90 bits per heavy atom. The van der Waals surface area contributed by atoms with Gasteiger partial charge in [-0.1, -0.05) is 38.1 Å². The maximum Gasteiger partial charge on any atom is 0.191 e. The molecule has 5 nitrogen and oxygen atoms in total. The predicted octanol–water partition coefficient (Wildman–Crippen LogP) is 4.93. The van der Waals surface area contributed by atoms with E-state index in [0.717, 1.165) is 49.8 Å². The number of hydrogen-bond donors (Lipinski definition) is 2. The quantitative estimate of drug-likeness (QED) is 0.249. The molecular formula is C24H38IN5. The van der Waals surface area contributed by atoms with E-state index in [1.165, 1.54) is 12.0 Å². The van der Waals surface area contributed by atoms with Crippen molar-refractivity contribution in [3.8, 4) is 11.3 Å². The van der Waals surface area contributed by atoms with E-state index in [-0.39, 0.29) is 24.0 Å². The Balaban J connectivity index is 0.00000450. The Hall–Kier alpha value is -1.67. The molecule has 0 saturated heterocycles. The summed E-state index contributed by atoms with van der Waals surface area (Å²) in [6.07, 6.45) is 4.16. The number of pyridine rings is 1. The molecular weight excluding hydrogens is 485 g/mol. The van der Waals surface area contributed by atoms with Crippen molar-refractivity contribution in [2.24, 2.45) is 4.99 Å². The highest BCUT2D eigenvalue weighted by molar-refractivity contribution is 14.0. The summed E-state index contributed by atoms with van der Waals surface area (Å²) in [5, 5.41) is 6.92. The first-order valence-electron chi connectivity index (χ1n) is 10.9. The number of hydrogen-bond acceptors (Lipinski definition) is 3. The Labute approximate surface area is 199 Å². The van der Waals surface area contributed by atoms with Gasteiger partial charge in [-0.15, -0.1) is 24.0 Å². The Morgan fingerprint density at radius 3 is 2.57 bits per heavy atom. The fraction of sp³-hybridized carbons (Fsp3) is 0.500. The molecule has 1 unspecified atom stereocenters. The molecule has 0 aliphatic carbocycles. The molecule has 0 aliphatic rings. The molecule has 0 spiro atoms. The SMILES string of the molecule is CCNC(=NCc1cccc(-c2ccccn2)c1)NC(C)CCCN(CC)CC.I. The molecule has 1 heterocycles. The lowest BCUT2D eigenvalue weighted by Gasteiger charge is -2.21. The van der Waals surface area contributed by atoms with E-state index in [2.05, 4.69) is 72.5 Å². The smallest absolute Gasteiger partial charge is 0.191 e. The van der Waals surface area contributed by atoms with Crippen LogP contribution >= 0.6 is 24.0 Å². The summed E-state index contributed by atoms with van der Waals surface area (Å²) in [6, 6.07) is 14.8. The normalized spacial score (nSPS) is 12.4. The largest absolute Gasteiger partial charge is 0.357 e. The third-order valence-corrected chi connectivity index (χ3v) is 5.04. The van der Waals surface area contributed by atoms with Crippen LogP contribution in [0.1, 0.15) is 46.1 Å². The van der Waals surface area contributed by atoms with Crippen molar-refractivity contribution in [3.05, 3.63) is 54.2 Å². The predicted molar refractivity (Wildman–Crippen MR) is 140 cm³/mol. The van der Waals surface area contributed by atoms with E-state index in [1.807, 2.05) is 24.4 Å². The lowest BCUT2D eigenvalue weighted by Crippen LogP contribution is -2.42. The van der Waals surface area contributed by atoms with Crippen molar-refractivity contribution >= 4 is 29.9 Å². The highest BCUT2D eigenvalue weighted by Crippen LogP contribution is 2.18. The number of nitrogens with zero attached hydrogens (tertiary/aromatic N) is 3. The molecule has 0 fully saturated rings. The molecule has 2 rings (SSSR count). The van der Waals surface area contributed by atoms with Gasteiger partial charge in [0, 0.05) is 24.3 Å².